The zero-order valence-corrected chi connectivity index (χ0v) is 18.0. The van der Waals surface area contributed by atoms with Gasteiger partial charge >= 0.3 is 0 Å². The number of carbonyl (C=O) groups is 1. The summed E-state index contributed by atoms with van der Waals surface area (Å²) in [7, 11) is 0. The number of pyridine rings is 1. The molecule has 0 radical (unpaired) electrons. The summed E-state index contributed by atoms with van der Waals surface area (Å²) >= 11 is 6.15. The smallest absolute Gasteiger partial charge is 0.278 e. The molecular formula is C24H22ClN3O4. The highest BCUT2D eigenvalue weighted by Crippen LogP contribution is 2.26. The highest BCUT2D eigenvalue weighted by Gasteiger charge is 2.27. The number of ether oxygens (including phenoxy) is 1. The van der Waals surface area contributed by atoms with E-state index in [1.165, 1.54) is 27.4 Å². The van der Waals surface area contributed by atoms with Crippen molar-refractivity contribution in [3.63, 3.8) is 0 Å². The lowest BCUT2D eigenvalue weighted by Crippen LogP contribution is -2.46. The van der Waals surface area contributed by atoms with Crippen molar-refractivity contribution in [1.82, 2.24) is 9.58 Å². The van der Waals surface area contributed by atoms with E-state index >= 15 is 0 Å². The maximum atomic E-state index is 12.6. The van der Waals surface area contributed by atoms with Gasteiger partial charge in [-0.3, -0.25) is 14.3 Å². The first kappa shape index (κ1) is 21.5. The summed E-state index contributed by atoms with van der Waals surface area (Å²) in [4.78, 5) is 25.7. The lowest BCUT2D eigenvalue weighted by molar-refractivity contribution is 0.0741. The second kappa shape index (κ2) is 9.62. The van der Waals surface area contributed by atoms with Crippen LogP contribution in [0.3, 0.4) is 0 Å². The van der Waals surface area contributed by atoms with Crippen molar-refractivity contribution in [3.8, 4) is 11.5 Å². The lowest BCUT2D eigenvalue weighted by atomic mass is 10.0. The Labute approximate surface area is 190 Å². The van der Waals surface area contributed by atoms with Crippen molar-refractivity contribution in [1.29, 1.82) is 0 Å². The van der Waals surface area contributed by atoms with Crippen LogP contribution in [-0.4, -0.2) is 40.4 Å². The Bertz CT molecular complexity index is 1210. The molecule has 0 unspecified atom stereocenters. The van der Waals surface area contributed by atoms with Crippen molar-refractivity contribution in [3.05, 3.63) is 105 Å². The number of hydrogen-bond acceptors (Lipinski definition) is 5. The van der Waals surface area contributed by atoms with Gasteiger partial charge in [0.15, 0.2) is 11.4 Å². The van der Waals surface area contributed by atoms with Crippen molar-refractivity contribution in [2.75, 3.05) is 25.2 Å². The van der Waals surface area contributed by atoms with Crippen LogP contribution in [0.1, 0.15) is 21.6 Å². The quantitative estimate of drug-likeness (QED) is 0.538. The number of aromatic nitrogens is 1. The Balaban J connectivity index is 1.37. The number of carbonyl (C=O) groups excluding carboxylic acids is 1. The standard InChI is InChI=1S/C24H22ClN3O4/c25-19-9-8-18(14-17-6-2-1-3-7-17)21(15-19)32-13-5-4-11-27-16-26-28-12-10-20(29)23(30)22(28)24(27)31/h1-10,12,15,26,30H,11,13-14,16H2/b5-4-. The molecular weight excluding hydrogens is 430 g/mol. The number of aromatic hydroxyl groups is 1. The third kappa shape index (κ3) is 4.78. The zero-order valence-electron chi connectivity index (χ0n) is 17.2. The maximum Gasteiger partial charge on any atom is 0.278 e. The lowest BCUT2D eigenvalue weighted by Gasteiger charge is -2.30. The van der Waals surface area contributed by atoms with Gasteiger partial charge in [0.2, 0.25) is 5.43 Å². The van der Waals surface area contributed by atoms with Gasteiger partial charge in [0.25, 0.3) is 5.91 Å². The van der Waals surface area contributed by atoms with Crippen LogP contribution in [-0.2, 0) is 6.42 Å². The minimum absolute atomic E-state index is 0.0714. The minimum atomic E-state index is -0.593. The van der Waals surface area contributed by atoms with Crippen LogP contribution in [0.2, 0.25) is 5.02 Å². The summed E-state index contributed by atoms with van der Waals surface area (Å²) in [5.74, 6) is -0.279. The average molecular weight is 452 g/mol. The van der Waals surface area contributed by atoms with Gasteiger partial charge in [0.1, 0.15) is 19.0 Å². The van der Waals surface area contributed by atoms with Gasteiger partial charge in [-0.15, -0.1) is 0 Å². The Morgan fingerprint density at radius 1 is 1.09 bits per heavy atom. The molecule has 0 atom stereocenters. The molecule has 32 heavy (non-hydrogen) atoms. The minimum Gasteiger partial charge on any atom is -0.502 e. The van der Waals surface area contributed by atoms with E-state index in [4.69, 9.17) is 16.3 Å². The number of halogens is 1. The van der Waals surface area contributed by atoms with E-state index < -0.39 is 17.1 Å². The van der Waals surface area contributed by atoms with Crippen LogP contribution >= 0.6 is 11.6 Å². The molecule has 1 amide bonds. The van der Waals surface area contributed by atoms with Crippen molar-refractivity contribution >= 4 is 17.5 Å². The van der Waals surface area contributed by atoms with E-state index in [-0.39, 0.29) is 12.4 Å². The third-order valence-electron chi connectivity index (χ3n) is 5.09. The Kier molecular flexibility index (Phi) is 6.47. The number of fused-ring (bicyclic) bond motifs is 1. The molecule has 0 aliphatic carbocycles. The summed E-state index contributed by atoms with van der Waals surface area (Å²) in [6.45, 7) is 0.845. The summed E-state index contributed by atoms with van der Waals surface area (Å²) in [5.41, 5.74) is 4.50. The summed E-state index contributed by atoms with van der Waals surface area (Å²) in [6, 6.07) is 16.9. The average Bonchev–Trinajstić information content (AvgIpc) is 2.79. The maximum absolute atomic E-state index is 12.6. The van der Waals surface area contributed by atoms with Gasteiger partial charge in [-0.05, 0) is 29.3 Å². The first-order chi connectivity index (χ1) is 15.5. The van der Waals surface area contributed by atoms with E-state index in [2.05, 4.69) is 17.6 Å². The van der Waals surface area contributed by atoms with Gasteiger partial charge < -0.3 is 20.2 Å². The number of benzene rings is 2. The van der Waals surface area contributed by atoms with Crippen LogP contribution in [0.25, 0.3) is 0 Å². The Morgan fingerprint density at radius 2 is 1.91 bits per heavy atom. The molecule has 0 fully saturated rings. The number of rotatable bonds is 7. The largest absolute Gasteiger partial charge is 0.502 e. The molecule has 2 N–H and O–H groups in total. The fraction of sp³-hybridized carbons (Fsp3) is 0.167. The molecule has 7 nitrogen and oxygen atoms in total. The van der Waals surface area contributed by atoms with Gasteiger partial charge in [-0.2, -0.15) is 0 Å². The first-order valence-electron chi connectivity index (χ1n) is 10.1. The molecule has 1 aliphatic rings. The van der Waals surface area contributed by atoms with Gasteiger partial charge in [0, 0.05) is 30.3 Å². The molecule has 0 spiro atoms. The molecule has 1 aliphatic heterocycles. The first-order valence-corrected chi connectivity index (χ1v) is 10.5. The van der Waals surface area contributed by atoms with Crippen molar-refractivity contribution in [2.24, 2.45) is 0 Å². The molecule has 0 saturated heterocycles. The zero-order chi connectivity index (χ0) is 22.5. The predicted molar refractivity (Wildman–Crippen MR) is 123 cm³/mol. The number of nitrogens with one attached hydrogen (secondary N) is 1. The fourth-order valence-corrected chi connectivity index (χ4v) is 3.59. The monoisotopic (exact) mass is 451 g/mol. The second-order valence-electron chi connectivity index (χ2n) is 7.29. The highest BCUT2D eigenvalue weighted by molar-refractivity contribution is 6.30. The predicted octanol–water partition coefficient (Wildman–Crippen LogP) is 3.39. The summed E-state index contributed by atoms with van der Waals surface area (Å²) in [5, 5.41) is 10.5. The Morgan fingerprint density at radius 3 is 2.72 bits per heavy atom. The van der Waals surface area contributed by atoms with E-state index in [0.29, 0.717) is 23.9 Å². The molecule has 4 rings (SSSR count). The number of hydrogen-bond donors (Lipinski definition) is 2. The van der Waals surface area contributed by atoms with Crippen molar-refractivity contribution < 1.29 is 14.6 Å². The number of amides is 1. The van der Waals surface area contributed by atoms with Crippen molar-refractivity contribution in [2.45, 2.75) is 6.42 Å². The molecule has 0 saturated carbocycles. The van der Waals surface area contributed by atoms with Gasteiger partial charge in [0.05, 0.1) is 0 Å². The normalized spacial score (nSPS) is 13.2. The van der Waals surface area contributed by atoms with Crippen LogP contribution < -0.4 is 15.6 Å². The van der Waals surface area contributed by atoms with E-state index in [1.54, 1.807) is 12.1 Å². The van der Waals surface area contributed by atoms with E-state index in [9.17, 15) is 14.7 Å². The molecule has 0 bridgehead atoms. The van der Waals surface area contributed by atoms with E-state index in [0.717, 1.165) is 12.0 Å². The van der Waals surface area contributed by atoms with Crippen LogP contribution in [0.5, 0.6) is 11.5 Å². The molecule has 2 heterocycles. The molecule has 8 heteroatoms. The molecule has 3 aromatic rings. The van der Waals surface area contributed by atoms with Crippen LogP contribution in [0.15, 0.2) is 77.7 Å². The van der Waals surface area contributed by atoms with Gasteiger partial charge in [-0.1, -0.05) is 54.1 Å². The highest BCUT2D eigenvalue weighted by atomic mass is 35.5. The molecule has 164 valence electrons. The van der Waals surface area contributed by atoms with Crippen LogP contribution in [0.4, 0.5) is 0 Å². The second-order valence-corrected chi connectivity index (χ2v) is 7.72. The molecule has 2 aromatic carbocycles. The topological polar surface area (TPSA) is 83.8 Å². The van der Waals surface area contributed by atoms with Crippen LogP contribution in [0, 0.1) is 0 Å². The molecule has 1 aromatic heterocycles. The number of nitrogens with zero attached hydrogens (tertiary/aromatic N) is 2. The SMILES string of the molecule is O=C1c2c(O)c(=O)ccn2NCN1C/C=C\COc1cc(Cl)ccc1Cc1ccccc1. The van der Waals surface area contributed by atoms with Gasteiger partial charge in [-0.25, -0.2) is 0 Å². The van der Waals surface area contributed by atoms with E-state index in [1.807, 2.05) is 36.4 Å². The Hall–Kier alpha value is -3.71. The fourth-order valence-electron chi connectivity index (χ4n) is 3.43. The third-order valence-corrected chi connectivity index (χ3v) is 5.32. The summed E-state index contributed by atoms with van der Waals surface area (Å²) in [6.07, 6.45) is 5.77. The summed E-state index contributed by atoms with van der Waals surface area (Å²) < 4.78 is 7.28.